The van der Waals surface area contributed by atoms with Crippen LogP contribution < -0.4 is 5.32 Å². The molecule has 0 fully saturated rings. The van der Waals surface area contributed by atoms with Crippen LogP contribution in [0.2, 0.25) is 5.02 Å². The molecule has 0 saturated heterocycles. The summed E-state index contributed by atoms with van der Waals surface area (Å²) in [6, 6.07) is 15.2. The van der Waals surface area contributed by atoms with Crippen molar-refractivity contribution >= 4 is 27.5 Å². The van der Waals surface area contributed by atoms with E-state index in [0.29, 0.717) is 11.6 Å². The second-order valence-corrected chi connectivity index (χ2v) is 7.94. The molecule has 1 amide bonds. The van der Waals surface area contributed by atoms with Gasteiger partial charge in [0.1, 0.15) is 0 Å². The molecule has 0 atom stereocenters. The summed E-state index contributed by atoms with van der Waals surface area (Å²) in [6.07, 6.45) is 0.783. The number of rotatable bonds is 8. The molecule has 0 spiro atoms. The molecule has 0 unspecified atom stereocenters. The average Bonchev–Trinajstić information content (AvgIpc) is 2.60. The van der Waals surface area contributed by atoms with Gasteiger partial charge >= 0.3 is 0 Å². The van der Waals surface area contributed by atoms with Gasteiger partial charge in [-0.2, -0.15) is 4.31 Å². The fourth-order valence-electron chi connectivity index (χ4n) is 2.27. The van der Waals surface area contributed by atoms with E-state index in [1.165, 1.54) is 16.4 Å². The van der Waals surface area contributed by atoms with Gasteiger partial charge in [-0.15, -0.1) is 0 Å². The van der Waals surface area contributed by atoms with E-state index in [0.717, 1.165) is 12.0 Å². The Bertz CT molecular complexity index is 810. The van der Waals surface area contributed by atoms with Gasteiger partial charge in [-0.25, -0.2) is 8.42 Å². The zero-order valence-electron chi connectivity index (χ0n) is 14.0. The van der Waals surface area contributed by atoms with Crippen molar-refractivity contribution in [2.75, 3.05) is 13.1 Å². The molecule has 2 aromatic rings. The van der Waals surface area contributed by atoms with Crippen molar-refractivity contribution in [3.8, 4) is 0 Å². The molecule has 2 aromatic carbocycles. The van der Waals surface area contributed by atoms with E-state index in [2.05, 4.69) is 5.32 Å². The molecule has 0 aliphatic carbocycles. The van der Waals surface area contributed by atoms with Gasteiger partial charge < -0.3 is 5.32 Å². The molecule has 0 saturated carbocycles. The van der Waals surface area contributed by atoms with Gasteiger partial charge in [-0.3, -0.25) is 4.79 Å². The fraction of sp³-hybridized carbons (Fsp3) is 0.278. The fourth-order valence-corrected chi connectivity index (χ4v) is 3.96. The largest absolute Gasteiger partial charge is 0.355 e. The molecule has 0 bridgehead atoms. The molecule has 0 aliphatic rings. The zero-order chi connectivity index (χ0) is 18.3. The van der Waals surface area contributed by atoms with Crippen LogP contribution in [0.3, 0.4) is 0 Å². The number of halogens is 1. The van der Waals surface area contributed by atoms with Crippen LogP contribution >= 0.6 is 11.6 Å². The van der Waals surface area contributed by atoms with Crippen molar-refractivity contribution in [2.45, 2.75) is 24.8 Å². The second kappa shape index (κ2) is 8.99. The highest BCUT2D eigenvalue weighted by molar-refractivity contribution is 7.89. The first-order valence-electron chi connectivity index (χ1n) is 8.00. The molecule has 0 radical (unpaired) electrons. The van der Waals surface area contributed by atoms with Crippen LogP contribution in [-0.4, -0.2) is 31.7 Å². The van der Waals surface area contributed by atoms with Gasteiger partial charge in [-0.05, 0) is 30.2 Å². The van der Waals surface area contributed by atoms with E-state index in [4.69, 9.17) is 11.6 Å². The monoisotopic (exact) mass is 380 g/mol. The minimum Gasteiger partial charge on any atom is -0.355 e. The zero-order valence-corrected chi connectivity index (χ0v) is 15.6. The second-order valence-electron chi connectivity index (χ2n) is 5.57. The number of carbonyl (C=O) groups is 1. The van der Waals surface area contributed by atoms with Crippen molar-refractivity contribution in [2.24, 2.45) is 0 Å². The predicted molar refractivity (Wildman–Crippen MR) is 98.8 cm³/mol. The lowest BCUT2D eigenvalue weighted by molar-refractivity contribution is -0.121. The lowest BCUT2D eigenvalue weighted by Gasteiger charge is -2.22. The highest BCUT2D eigenvalue weighted by Crippen LogP contribution is 2.21. The molecule has 0 heterocycles. The third-order valence-corrected chi connectivity index (χ3v) is 5.55. The predicted octanol–water partition coefficient (Wildman–Crippen LogP) is 3.06. The van der Waals surface area contributed by atoms with E-state index >= 15 is 0 Å². The third-order valence-electron chi connectivity index (χ3n) is 3.53. The van der Waals surface area contributed by atoms with Crippen LogP contribution in [-0.2, 0) is 21.4 Å². The standard InChI is InChI=1S/C18H21ClN2O3S/c1-2-11-20-18(22)14-21(13-15-7-4-3-5-8-15)25(23,24)17-10-6-9-16(19)12-17/h3-10,12H,2,11,13-14H2,1H3,(H,20,22). The number of nitrogens with zero attached hydrogens (tertiary/aromatic N) is 1. The van der Waals surface area contributed by atoms with Crippen LogP contribution in [0.25, 0.3) is 0 Å². The summed E-state index contributed by atoms with van der Waals surface area (Å²) in [5.41, 5.74) is 0.802. The van der Waals surface area contributed by atoms with E-state index in [1.54, 1.807) is 12.1 Å². The number of benzene rings is 2. The van der Waals surface area contributed by atoms with Crippen molar-refractivity contribution in [3.63, 3.8) is 0 Å². The minimum atomic E-state index is -3.85. The normalized spacial score (nSPS) is 11.5. The first-order valence-corrected chi connectivity index (χ1v) is 9.81. The molecule has 25 heavy (non-hydrogen) atoms. The van der Waals surface area contributed by atoms with Gasteiger partial charge in [0.05, 0.1) is 11.4 Å². The summed E-state index contributed by atoms with van der Waals surface area (Å²) in [7, 11) is -3.85. The molecule has 0 aliphatic heterocycles. The Kier molecular flexibility index (Phi) is 6.99. The van der Waals surface area contributed by atoms with E-state index in [1.807, 2.05) is 37.3 Å². The summed E-state index contributed by atoms with van der Waals surface area (Å²) >= 11 is 5.93. The maximum atomic E-state index is 13.0. The summed E-state index contributed by atoms with van der Waals surface area (Å²) in [5.74, 6) is -0.330. The number of nitrogens with one attached hydrogen (secondary N) is 1. The Morgan fingerprint density at radius 2 is 1.84 bits per heavy atom. The smallest absolute Gasteiger partial charge is 0.243 e. The Hall–Kier alpha value is -1.89. The molecular formula is C18H21ClN2O3S. The minimum absolute atomic E-state index is 0.0687. The Morgan fingerprint density at radius 1 is 1.12 bits per heavy atom. The number of hydrogen-bond donors (Lipinski definition) is 1. The van der Waals surface area contributed by atoms with Crippen LogP contribution in [0.4, 0.5) is 0 Å². The van der Waals surface area contributed by atoms with Crippen LogP contribution in [0.5, 0.6) is 0 Å². The SMILES string of the molecule is CCCNC(=O)CN(Cc1ccccc1)S(=O)(=O)c1cccc(Cl)c1. The van der Waals surface area contributed by atoms with Crippen molar-refractivity contribution in [3.05, 3.63) is 65.2 Å². The van der Waals surface area contributed by atoms with E-state index in [9.17, 15) is 13.2 Å². The Labute approximate surface area is 153 Å². The topological polar surface area (TPSA) is 66.5 Å². The average molecular weight is 381 g/mol. The maximum Gasteiger partial charge on any atom is 0.243 e. The first kappa shape index (κ1) is 19.4. The highest BCUT2D eigenvalue weighted by atomic mass is 35.5. The van der Waals surface area contributed by atoms with Crippen molar-refractivity contribution in [1.82, 2.24) is 9.62 Å². The van der Waals surface area contributed by atoms with Crippen LogP contribution in [0.1, 0.15) is 18.9 Å². The molecule has 7 heteroatoms. The van der Waals surface area contributed by atoms with Gasteiger partial charge in [0.25, 0.3) is 0 Å². The molecule has 5 nitrogen and oxygen atoms in total. The summed E-state index contributed by atoms with van der Waals surface area (Å²) < 4.78 is 27.1. The van der Waals surface area contributed by atoms with Gasteiger partial charge in [0.2, 0.25) is 15.9 Å². The molecule has 1 N–H and O–H groups in total. The maximum absolute atomic E-state index is 13.0. The summed E-state index contributed by atoms with van der Waals surface area (Å²) in [5, 5.41) is 3.04. The molecule has 0 aromatic heterocycles. The number of carbonyl (C=O) groups excluding carboxylic acids is 1. The Morgan fingerprint density at radius 3 is 2.48 bits per heavy atom. The third kappa shape index (κ3) is 5.56. The van der Waals surface area contributed by atoms with Gasteiger partial charge in [-0.1, -0.05) is 54.9 Å². The van der Waals surface area contributed by atoms with Crippen LogP contribution in [0, 0.1) is 0 Å². The Balaban J connectivity index is 2.30. The van der Waals surface area contributed by atoms with Crippen molar-refractivity contribution < 1.29 is 13.2 Å². The van der Waals surface area contributed by atoms with Gasteiger partial charge in [0.15, 0.2) is 0 Å². The van der Waals surface area contributed by atoms with Crippen molar-refractivity contribution in [1.29, 1.82) is 0 Å². The summed E-state index contributed by atoms with van der Waals surface area (Å²) in [6.45, 7) is 2.30. The van der Waals surface area contributed by atoms with Gasteiger partial charge in [0, 0.05) is 18.1 Å². The lowest BCUT2D eigenvalue weighted by atomic mass is 10.2. The number of hydrogen-bond acceptors (Lipinski definition) is 3. The number of sulfonamides is 1. The molecular weight excluding hydrogens is 360 g/mol. The summed E-state index contributed by atoms with van der Waals surface area (Å²) in [4.78, 5) is 12.2. The van der Waals surface area contributed by atoms with Crippen LogP contribution in [0.15, 0.2) is 59.5 Å². The molecule has 2 rings (SSSR count). The van der Waals surface area contributed by atoms with E-state index in [-0.39, 0.29) is 23.9 Å². The lowest BCUT2D eigenvalue weighted by Crippen LogP contribution is -2.40. The molecule has 134 valence electrons. The number of amides is 1. The highest BCUT2D eigenvalue weighted by Gasteiger charge is 2.27. The first-order chi connectivity index (χ1) is 11.9. The van der Waals surface area contributed by atoms with E-state index < -0.39 is 10.0 Å². The quantitative estimate of drug-likeness (QED) is 0.765.